The second kappa shape index (κ2) is 5.91. The van der Waals surface area contributed by atoms with Gasteiger partial charge in [-0.3, -0.25) is 4.90 Å². The minimum Gasteiger partial charge on any atom is -0.463 e. The van der Waals surface area contributed by atoms with Gasteiger partial charge in [-0.05, 0) is 32.7 Å². The summed E-state index contributed by atoms with van der Waals surface area (Å²) in [6.07, 6.45) is 3.62. The molecule has 86 valence electrons. The van der Waals surface area contributed by atoms with Gasteiger partial charge >= 0.3 is 5.97 Å². The van der Waals surface area contributed by atoms with Crippen molar-refractivity contribution in [2.24, 2.45) is 0 Å². The molecule has 15 heavy (non-hydrogen) atoms. The largest absolute Gasteiger partial charge is 0.463 e. The van der Waals surface area contributed by atoms with Crippen LogP contribution in [0.25, 0.3) is 0 Å². The maximum Gasteiger partial charge on any atom is 0.334 e. The normalized spacial score (nSPS) is 21.6. The molecule has 0 spiro atoms. The lowest BCUT2D eigenvalue weighted by atomic mass is 10.1. The standard InChI is InChI=1S/C12H21NO2/c1-4-11-7-6-8-13(11)9-10(3)12(14)15-5-2/h11H,3-9H2,1-2H3. The number of carbonyl (C=O) groups is 1. The second-order valence-electron chi connectivity index (χ2n) is 4.00. The molecule has 1 rings (SSSR count). The Morgan fingerprint density at radius 1 is 1.53 bits per heavy atom. The number of esters is 1. The Kier molecular flexibility index (Phi) is 4.82. The lowest BCUT2D eigenvalue weighted by molar-refractivity contribution is -0.138. The maximum atomic E-state index is 11.4. The smallest absolute Gasteiger partial charge is 0.334 e. The van der Waals surface area contributed by atoms with Crippen LogP contribution in [0.1, 0.15) is 33.1 Å². The fourth-order valence-corrected chi connectivity index (χ4v) is 2.11. The van der Waals surface area contributed by atoms with Crippen LogP contribution in [-0.4, -0.2) is 36.6 Å². The molecule has 1 fully saturated rings. The number of nitrogens with zero attached hydrogens (tertiary/aromatic N) is 1. The predicted octanol–water partition coefficient (Wildman–Crippen LogP) is 1.98. The molecule has 0 N–H and O–H groups in total. The van der Waals surface area contributed by atoms with Crippen LogP contribution in [0.4, 0.5) is 0 Å². The molecule has 0 saturated carbocycles. The number of likely N-dealkylation sites (tertiary alicyclic amines) is 1. The molecule has 1 atom stereocenters. The average Bonchev–Trinajstić information content (AvgIpc) is 2.65. The van der Waals surface area contributed by atoms with Crippen LogP contribution in [0, 0.1) is 0 Å². The Morgan fingerprint density at radius 3 is 2.87 bits per heavy atom. The summed E-state index contributed by atoms with van der Waals surface area (Å²) in [5.74, 6) is -0.251. The van der Waals surface area contributed by atoms with Crippen LogP contribution in [0.2, 0.25) is 0 Å². The van der Waals surface area contributed by atoms with E-state index in [2.05, 4.69) is 18.4 Å². The first-order valence-corrected chi connectivity index (χ1v) is 5.78. The van der Waals surface area contributed by atoms with E-state index in [0.717, 1.165) is 13.0 Å². The zero-order valence-corrected chi connectivity index (χ0v) is 9.79. The van der Waals surface area contributed by atoms with Crippen molar-refractivity contribution in [1.82, 2.24) is 4.90 Å². The van der Waals surface area contributed by atoms with Gasteiger partial charge in [-0.25, -0.2) is 4.79 Å². The summed E-state index contributed by atoms with van der Waals surface area (Å²) in [7, 11) is 0. The number of rotatable bonds is 5. The SMILES string of the molecule is C=C(CN1CCCC1CC)C(=O)OCC. The molecular formula is C12H21NO2. The first kappa shape index (κ1) is 12.2. The second-order valence-corrected chi connectivity index (χ2v) is 4.00. The summed E-state index contributed by atoms with van der Waals surface area (Å²) in [5.41, 5.74) is 0.581. The molecule has 0 bridgehead atoms. The summed E-state index contributed by atoms with van der Waals surface area (Å²) in [6, 6.07) is 0.621. The summed E-state index contributed by atoms with van der Waals surface area (Å²) in [4.78, 5) is 13.7. The lowest BCUT2D eigenvalue weighted by Crippen LogP contribution is -2.32. The summed E-state index contributed by atoms with van der Waals surface area (Å²) in [6.45, 7) is 9.97. The van der Waals surface area contributed by atoms with Crippen LogP contribution >= 0.6 is 0 Å². The maximum absolute atomic E-state index is 11.4. The Labute approximate surface area is 92.1 Å². The molecule has 0 aliphatic carbocycles. The van der Waals surface area contributed by atoms with Crippen LogP contribution < -0.4 is 0 Å². The van der Waals surface area contributed by atoms with E-state index in [1.807, 2.05) is 6.92 Å². The first-order chi connectivity index (χ1) is 7.19. The molecule has 0 aromatic carbocycles. The van der Waals surface area contributed by atoms with Gasteiger partial charge in [-0.15, -0.1) is 0 Å². The third kappa shape index (κ3) is 3.34. The van der Waals surface area contributed by atoms with Crippen molar-refractivity contribution in [3.63, 3.8) is 0 Å². The minimum atomic E-state index is -0.251. The lowest BCUT2D eigenvalue weighted by Gasteiger charge is -2.23. The molecule has 0 aromatic heterocycles. The highest BCUT2D eigenvalue weighted by molar-refractivity contribution is 5.88. The Bertz CT molecular complexity index is 238. The molecule has 1 saturated heterocycles. The number of carbonyl (C=O) groups excluding carboxylic acids is 1. The molecular weight excluding hydrogens is 190 g/mol. The molecule has 3 nitrogen and oxygen atoms in total. The van der Waals surface area contributed by atoms with Gasteiger partial charge in [-0.2, -0.15) is 0 Å². The first-order valence-electron chi connectivity index (χ1n) is 5.78. The van der Waals surface area contributed by atoms with Crippen molar-refractivity contribution >= 4 is 5.97 Å². The van der Waals surface area contributed by atoms with E-state index in [1.165, 1.54) is 12.8 Å². The van der Waals surface area contributed by atoms with Crippen LogP contribution in [0.15, 0.2) is 12.2 Å². The highest BCUT2D eigenvalue weighted by Crippen LogP contribution is 2.20. The molecule has 3 heteroatoms. The van der Waals surface area contributed by atoms with Gasteiger partial charge in [0.2, 0.25) is 0 Å². The molecule has 0 radical (unpaired) electrons. The van der Waals surface area contributed by atoms with Gasteiger partial charge in [0.05, 0.1) is 6.61 Å². The molecule has 1 aliphatic heterocycles. The van der Waals surface area contributed by atoms with Crippen LogP contribution in [0.3, 0.4) is 0 Å². The highest BCUT2D eigenvalue weighted by atomic mass is 16.5. The van der Waals surface area contributed by atoms with E-state index in [4.69, 9.17) is 4.74 Å². The van der Waals surface area contributed by atoms with E-state index >= 15 is 0 Å². The van der Waals surface area contributed by atoms with Gasteiger partial charge in [0.25, 0.3) is 0 Å². The third-order valence-corrected chi connectivity index (χ3v) is 2.93. The number of hydrogen-bond donors (Lipinski definition) is 0. The summed E-state index contributed by atoms with van der Waals surface area (Å²) in [5, 5.41) is 0. The van der Waals surface area contributed by atoms with E-state index in [1.54, 1.807) is 0 Å². The van der Waals surface area contributed by atoms with Gasteiger partial charge in [-0.1, -0.05) is 13.5 Å². The Balaban J connectivity index is 2.40. The van der Waals surface area contributed by atoms with Crippen LogP contribution in [0.5, 0.6) is 0 Å². The molecule has 1 unspecified atom stereocenters. The number of hydrogen-bond acceptors (Lipinski definition) is 3. The Morgan fingerprint density at radius 2 is 2.27 bits per heavy atom. The zero-order valence-electron chi connectivity index (χ0n) is 9.79. The monoisotopic (exact) mass is 211 g/mol. The van der Waals surface area contributed by atoms with E-state index in [0.29, 0.717) is 24.8 Å². The average molecular weight is 211 g/mol. The van der Waals surface area contributed by atoms with Gasteiger partial charge in [0.1, 0.15) is 0 Å². The van der Waals surface area contributed by atoms with Crippen molar-refractivity contribution < 1.29 is 9.53 Å². The van der Waals surface area contributed by atoms with Gasteiger partial charge < -0.3 is 4.74 Å². The summed E-state index contributed by atoms with van der Waals surface area (Å²) >= 11 is 0. The Hall–Kier alpha value is -0.830. The van der Waals surface area contributed by atoms with Gasteiger partial charge in [0.15, 0.2) is 0 Å². The zero-order chi connectivity index (χ0) is 11.3. The van der Waals surface area contributed by atoms with Crippen LogP contribution in [-0.2, 0) is 9.53 Å². The molecule has 1 heterocycles. The third-order valence-electron chi connectivity index (χ3n) is 2.93. The van der Waals surface area contributed by atoms with Crippen molar-refractivity contribution in [3.05, 3.63) is 12.2 Å². The highest BCUT2D eigenvalue weighted by Gasteiger charge is 2.24. The fourth-order valence-electron chi connectivity index (χ4n) is 2.11. The fraction of sp³-hybridized carbons (Fsp3) is 0.750. The van der Waals surface area contributed by atoms with E-state index in [9.17, 15) is 4.79 Å². The van der Waals surface area contributed by atoms with E-state index < -0.39 is 0 Å². The van der Waals surface area contributed by atoms with Crippen molar-refractivity contribution in [1.29, 1.82) is 0 Å². The molecule has 0 aromatic rings. The van der Waals surface area contributed by atoms with Crippen molar-refractivity contribution in [2.75, 3.05) is 19.7 Å². The van der Waals surface area contributed by atoms with Crippen molar-refractivity contribution in [2.45, 2.75) is 39.2 Å². The topological polar surface area (TPSA) is 29.5 Å². The number of ether oxygens (including phenoxy) is 1. The quantitative estimate of drug-likeness (QED) is 0.514. The minimum absolute atomic E-state index is 0.251. The molecule has 1 aliphatic rings. The predicted molar refractivity (Wildman–Crippen MR) is 60.7 cm³/mol. The molecule has 0 amide bonds. The van der Waals surface area contributed by atoms with E-state index in [-0.39, 0.29) is 5.97 Å². The van der Waals surface area contributed by atoms with Gasteiger partial charge in [0, 0.05) is 18.2 Å². The van der Waals surface area contributed by atoms with Crippen molar-refractivity contribution in [3.8, 4) is 0 Å². The summed E-state index contributed by atoms with van der Waals surface area (Å²) < 4.78 is 4.92.